The van der Waals surface area contributed by atoms with Crippen LogP contribution < -0.4 is 0 Å². The summed E-state index contributed by atoms with van der Waals surface area (Å²) < 4.78 is 11.5. The van der Waals surface area contributed by atoms with Crippen molar-refractivity contribution in [1.82, 2.24) is 0 Å². The fourth-order valence-electron chi connectivity index (χ4n) is 5.40. The molecule has 3 unspecified atom stereocenters. The largest absolute Gasteiger partial charge is 0.457 e. The summed E-state index contributed by atoms with van der Waals surface area (Å²) in [5.41, 5.74) is 0.214. The normalized spacial score (nSPS) is 39.0. The lowest BCUT2D eigenvalue weighted by Gasteiger charge is -2.45. The molecule has 0 amide bonds. The molecule has 0 heterocycles. The summed E-state index contributed by atoms with van der Waals surface area (Å²) in [5.74, 6) is -1.24. The molecular formula is C19H24O5. The van der Waals surface area contributed by atoms with Crippen molar-refractivity contribution in [3.8, 4) is 0 Å². The van der Waals surface area contributed by atoms with Gasteiger partial charge in [-0.15, -0.1) is 0 Å². The Hall–Kier alpha value is -1.91. The van der Waals surface area contributed by atoms with E-state index in [-0.39, 0.29) is 23.5 Å². The molecule has 0 aromatic heterocycles. The van der Waals surface area contributed by atoms with Crippen LogP contribution in [-0.2, 0) is 23.9 Å². The van der Waals surface area contributed by atoms with E-state index in [9.17, 15) is 14.4 Å². The van der Waals surface area contributed by atoms with E-state index in [2.05, 4.69) is 0 Å². The Morgan fingerprint density at radius 3 is 2.25 bits per heavy atom. The Labute approximate surface area is 142 Å². The Bertz CT molecular complexity index is 699. The summed E-state index contributed by atoms with van der Waals surface area (Å²) in [5, 5.41) is 0. The summed E-state index contributed by atoms with van der Waals surface area (Å²) in [7, 11) is 0. The Morgan fingerprint density at radius 1 is 1.08 bits per heavy atom. The van der Waals surface area contributed by atoms with Gasteiger partial charge in [-0.25, -0.2) is 0 Å². The summed E-state index contributed by atoms with van der Waals surface area (Å²) in [6.45, 7) is 10.5. The van der Waals surface area contributed by atoms with Crippen molar-refractivity contribution in [2.45, 2.75) is 53.2 Å². The quantitative estimate of drug-likeness (QED) is 0.574. The van der Waals surface area contributed by atoms with Gasteiger partial charge >= 0.3 is 11.9 Å². The summed E-state index contributed by atoms with van der Waals surface area (Å²) in [6, 6.07) is 0. The number of carbonyl (C=O) groups excluding carboxylic acids is 3. The molecule has 130 valence electrons. The van der Waals surface area contributed by atoms with E-state index in [1.54, 1.807) is 6.08 Å². The van der Waals surface area contributed by atoms with Crippen LogP contribution >= 0.6 is 0 Å². The zero-order chi connectivity index (χ0) is 18.0. The molecule has 24 heavy (non-hydrogen) atoms. The van der Waals surface area contributed by atoms with E-state index in [4.69, 9.17) is 9.47 Å². The maximum absolute atomic E-state index is 12.6. The van der Waals surface area contributed by atoms with Gasteiger partial charge in [-0.05, 0) is 31.9 Å². The van der Waals surface area contributed by atoms with Gasteiger partial charge in [-0.3, -0.25) is 14.4 Å². The Balaban J connectivity index is 2.28. The van der Waals surface area contributed by atoms with Crippen molar-refractivity contribution in [1.29, 1.82) is 0 Å². The lowest BCUT2D eigenvalue weighted by molar-refractivity contribution is -0.181. The highest BCUT2D eigenvalue weighted by Crippen LogP contribution is 2.65. The number of esters is 2. The van der Waals surface area contributed by atoms with E-state index in [0.717, 1.165) is 11.1 Å². The van der Waals surface area contributed by atoms with Crippen LogP contribution in [0.5, 0.6) is 0 Å². The fraction of sp³-hybridized carbons (Fsp3) is 0.632. The minimum atomic E-state index is -1.05. The van der Waals surface area contributed by atoms with Crippen LogP contribution in [0.4, 0.5) is 0 Å². The second-order valence-corrected chi connectivity index (χ2v) is 7.92. The van der Waals surface area contributed by atoms with Crippen LogP contribution in [0.1, 0.15) is 41.5 Å². The van der Waals surface area contributed by atoms with Gasteiger partial charge in [0.15, 0.2) is 17.5 Å². The molecule has 3 aliphatic rings. The third kappa shape index (κ3) is 2.03. The van der Waals surface area contributed by atoms with Gasteiger partial charge in [0.25, 0.3) is 0 Å². The topological polar surface area (TPSA) is 69.7 Å². The highest BCUT2D eigenvalue weighted by Gasteiger charge is 2.72. The maximum Gasteiger partial charge on any atom is 0.303 e. The molecule has 0 radical (unpaired) electrons. The van der Waals surface area contributed by atoms with Crippen molar-refractivity contribution >= 4 is 17.7 Å². The van der Waals surface area contributed by atoms with Crippen LogP contribution in [0.25, 0.3) is 0 Å². The van der Waals surface area contributed by atoms with Crippen molar-refractivity contribution in [3.63, 3.8) is 0 Å². The van der Waals surface area contributed by atoms with Gasteiger partial charge in [0.1, 0.15) is 0 Å². The molecule has 0 saturated heterocycles. The molecule has 0 aromatic rings. The third-order valence-corrected chi connectivity index (χ3v) is 5.86. The lowest BCUT2D eigenvalue weighted by Crippen LogP contribution is -2.52. The number of ketones is 1. The number of carbonyl (C=O) groups is 3. The van der Waals surface area contributed by atoms with Crippen LogP contribution in [0, 0.1) is 23.2 Å². The predicted molar refractivity (Wildman–Crippen MR) is 86.8 cm³/mol. The zero-order valence-electron chi connectivity index (χ0n) is 15.0. The van der Waals surface area contributed by atoms with Gasteiger partial charge in [-0.1, -0.05) is 25.0 Å². The number of ether oxygens (including phenoxy) is 2. The molecule has 3 aliphatic carbocycles. The monoisotopic (exact) mass is 332 g/mol. The zero-order valence-corrected chi connectivity index (χ0v) is 15.0. The summed E-state index contributed by atoms with van der Waals surface area (Å²) >= 11 is 0. The highest BCUT2D eigenvalue weighted by molar-refractivity contribution is 5.96. The summed E-state index contributed by atoms with van der Waals surface area (Å²) in [4.78, 5) is 36.3. The third-order valence-electron chi connectivity index (χ3n) is 5.86. The first kappa shape index (κ1) is 16.9. The number of hydrogen-bond acceptors (Lipinski definition) is 5. The average molecular weight is 332 g/mol. The standard InChI is InChI=1S/C19H24O5/c1-9-7-13(22)14-10(2)8-19(24-12(4)21)15(9)16(14)18(5,6)17(19)23-11(3)20/h7-8,14-17H,1-6H3/t14?,15?,16?,17-,19-/m0/s1. The van der Waals surface area contributed by atoms with Crippen molar-refractivity contribution in [2.75, 3.05) is 0 Å². The van der Waals surface area contributed by atoms with Crippen LogP contribution in [0.2, 0.25) is 0 Å². The Morgan fingerprint density at radius 2 is 1.71 bits per heavy atom. The van der Waals surface area contributed by atoms with E-state index in [1.165, 1.54) is 13.8 Å². The van der Waals surface area contributed by atoms with Crippen LogP contribution in [0.15, 0.2) is 23.3 Å². The van der Waals surface area contributed by atoms with Crippen molar-refractivity contribution in [2.24, 2.45) is 23.2 Å². The Kier molecular flexibility index (Phi) is 3.56. The van der Waals surface area contributed by atoms with Gasteiger partial charge in [0.05, 0.1) is 0 Å². The van der Waals surface area contributed by atoms with Gasteiger partial charge < -0.3 is 9.47 Å². The maximum atomic E-state index is 12.6. The molecule has 0 spiro atoms. The smallest absolute Gasteiger partial charge is 0.303 e. The van der Waals surface area contributed by atoms with E-state index in [1.807, 2.05) is 33.8 Å². The second kappa shape index (κ2) is 5.04. The molecule has 0 aliphatic heterocycles. The second-order valence-electron chi connectivity index (χ2n) is 7.92. The van der Waals surface area contributed by atoms with E-state index >= 15 is 0 Å². The minimum absolute atomic E-state index is 0.0660. The molecule has 1 fully saturated rings. The highest BCUT2D eigenvalue weighted by atomic mass is 16.6. The van der Waals surface area contributed by atoms with E-state index in [0.29, 0.717) is 0 Å². The lowest BCUT2D eigenvalue weighted by atomic mass is 9.60. The molecule has 5 heteroatoms. The van der Waals surface area contributed by atoms with Crippen molar-refractivity contribution < 1.29 is 23.9 Å². The molecule has 0 N–H and O–H groups in total. The van der Waals surface area contributed by atoms with Gasteiger partial charge in [0.2, 0.25) is 0 Å². The molecular weight excluding hydrogens is 308 g/mol. The molecule has 4 bridgehead atoms. The first-order valence-corrected chi connectivity index (χ1v) is 8.30. The molecule has 1 saturated carbocycles. The predicted octanol–water partition coefficient (Wildman–Crippen LogP) is 2.60. The number of hydrogen-bond donors (Lipinski definition) is 0. The van der Waals surface area contributed by atoms with Crippen LogP contribution in [0.3, 0.4) is 0 Å². The molecule has 5 atom stereocenters. The van der Waals surface area contributed by atoms with E-state index < -0.39 is 29.1 Å². The fourth-order valence-corrected chi connectivity index (χ4v) is 5.40. The first-order chi connectivity index (χ1) is 11.0. The van der Waals surface area contributed by atoms with Gasteiger partial charge in [0, 0.05) is 31.1 Å². The van der Waals surface area contributed by atoms with Crippen LogP contribution in [-0.4, -0.2) is 29.4 Å². The molecule has 3 rings (SSSR count). The van der Waals surface area contributed by atoms with Crippen molar-refractivity contribution in [3.05, 3.63) is 23.3 Å². The average Bonchev–Trinajstić information content (AvgIpc) is 2.53. The minimum Gasteiger partial charge on any atom is -0.457 e. The molecule has 5 nitrogen and oxygen atoms in total. The van der Waals surface area contributed by atoms with Gasteiger partial charge in [-0.2, -0.15) is 0 Å². The number of allylic oxidation sites excluding steroid dienone is 2. The number of rotatable bonds is 2. The summed E-state index contributed by atoms with van der Waals surface area (Å²) in [6.07, 6.45) is 2.89. The first-order valence-electron chi connectivity index (χ1n) is 8.30. The molecule has 0 aromatic carbocycles. The SMILES string of the molecule is CC(=O)O[C@H]1C(C)(C)C2C3C(=O)C=C(C)C2[C@@]1(OC(C)=O)C=C3C.